The molecule has 7 nitrogen and oxygen atoms in total. The van der Waals surface area contributed by atoms with Gasteiger partial charge in [0, 0.05) is 37.6 Å². The monoisotopic (exact) mass is 396 g/mol. The first-order valence-corrected chi connectivity index (χ1v) is 10.1. The van der Waals surface area contributed by atoms with Crippen molar-refractivity contribution in [3.05, 3.63) is 54.4 Å². The Labute approximate surface area is 171 Å². The Balaban J connectivity index is 1.62. The third kappa shape index (κ3) is 5.25. The SMILES string of the molecule is CCOC(=O)N1CCC(NC(=O)c2cncc(N(CC)c3ccccc3)c2)CC1. The molecule has 1 aromatic carbocycles. The molecule has 1 aliphatic heterocycles. The van der Waals surface area contributed by atoms with Crippen molar-refractivity contribution in [3.63, 3.8) is 0 Å². The number of nitrogens with one attached hydrogen (secondary N) is 1. The Morgan fingerprint density at radius 2 is 1.86 bits per heavy atom. The molecule has 0 radical (unpaired) electrons. The summed E-state index contributed by atoms with van der Waals surface area (Å²) in [5, 5.41) is 3.07. The third-order valence-corrected chi connectivity index (χ3v) is 5.04. The Bertz CT molecular complexity index is 820. The van der Waals surface area contributed by atoms with E-state index in [9.17, 15) is 9.59 Å². The summed E-state index contributed by atoms with van der Waals surface area (Å²) >= 11 is 0. The molecule has 7 heteroatoms. The van der Waals surface area contributed by atoms with E-state index in [1.54, 1.807) is 24.2 Å². The maximum absolute atomic E-state index is 12.8. The van der Waals surface area contributed by atoms with Crippen LogP contribution in [0.25, 0.3) is 0 Å². The van der Waals surface area contributed by atoms with Gasteiger partial charge < -0.3 is 19.9 Å². The molecule has 3 rings (SSSR count). The quantitative estimate of drug-likeness (QED) is 0.808. The van der Waals surface area contributed by atoms with Gasteiger partial charge >= 0.3 is 6.09 Å². The highest BCUT2D eigenvalue weighted by Crippen LogP contribution is 2.25. The zero-order chi connectivity index (χ0) is 20.6. The third-order valence-electron chi connectivity index (χ3n) is 5.04. The molecule has 0 atom stereocenters. The minimum atomic E-state index is -0.283. The fourth-order valence-electron chi connectivity index (χ4n) is 3.51. The Morgan fingerprint density at radius 3 is 2.52 bits per heavy atom. The van der Waals surface area contributed by atoms with Gasteiger partial charge in [0.15, 0.2) is 0 Å². The summed E-state index contributed by atoms with van der Waals surface area (Å²) in [5.74, 6) is -0.141. The molecular weight excluding hydrogens is 368 g/mol. The van der Waals surface area contributed by atoms with Gasteiger partial charge in [0.05, 0.1) is 24.1 Å². The van der Waals surface area contributed by atoms with E-state index in [4.69, 9.17) is 4.74 Å². The number of carbonyl (C=O) groups is 2. The van der Waals surface area contributed by atoms with Crippen molar-refractivity contribution in [1.82, 2.24) is 15.2 Å². The van der Waals surface area contributed by atoms with E-state index in [0.717, 1.165) is 17.9 Å². The van der Waals surface area contributed by atoms with Crippen LogP contribution in [0.3, 0.4) is 0 Å². The molecule has 1 aliphatic rings. The number of benzene rings is 1. The number of carbonyl (C=O) groups excluding carboxylic acids is 2. The van der Waals surface area contributed by atoms with Crippen LogP contribution in [0.1, 0.15) is 37.0 Å². The van der Waals surface area contributed by atoms with Gasteiger partial charge in [-0.25, -0.2) is 4.79 Å². The Morgan fingerprint density at radius 1 is 1.14 bits per heavy atom. The minimum absolute atomic E-state index is 0.0354. The van der Waals surface area contributed by atoms with Crippen molar-refractivity contribution in [1.29, 1.82) is 0 Å². The van der Waals surface area contributed by atoms with Gasteiger partial charge in [0.2, 0.25) is 0 Å². The molecule has 0 saturated carbocycles. The number of pyridine rings is 1. The average molecular weight is 396 g/mol. The molecule has 0 bridgehead atoms. The molecule has 1 aromatic heterocycles. The summed E-state index contributed by atoms with van der Waals surface area (Å²) in [6.45, 7) is 6.17. The van der Waals surface area contributed by atoms with Crippen LogP contribution in [0.15, 0.2) is 48.8 Å². The lowest BCUT2D eigenvalue weighted by molar-refractivity contribution is 0.0860. The lowest BCUT2D eigenvalue weighted by Crippen LogP contribution is -2.46. The van der Waals surface area contributed by atoms with Gasteiger partial charge in [-0.2, -0.15) is 0 Å². The molecule has 1 N–H and O–H groups in total. The fraction of sp³-hybridized carbons (Fsp3) is 0.409. The highest BCUT2D eigenvalue weighted by Gasteiger charge is 2.25. The largest absolute Gasteiger partial charge is 0.450 e. The number of nitrogens with zero attached hydrogens (tertiary/aromatic N) is 3. The molecule has 0 aliphatic carbocycles. The van der Waals surface area contributed by atoms with Crippen LogP contribution < -0.4 is 10.2 Å². The summed E-state index contributed by atoms with van der Waals surface area (Å²) in [6, 6.07) is 11.9. The molecule has 0 spiro atoms. The van der Waals surface area contributed by atoms with E-state index in [1.807, 2.05) is 36.4 Å². The molecule has 2 aromatic rings. The van der Waals surface area contributed by atoms with Gasteiger partial charge in [-0.3, -0.25) is 9.78 Å². The van der Waals surface area contributed by atoms with Crippen LogP contribution >= 0.6 is 0 Å². The van der Waals surface area contributed by atoms with Crippen molar-refractivity contribution in [3.8, 4) is 0 Å². The van der Waals surface area contributed by atoms with Crippen molar-refractivity contribution in [2.24, 2.45) is 0 Å². The highest BCUT2D eigenvalue weighted by molar-refractivity contribution is 5.95. The standard InChI is InChI=1S/C22H28N4O3/c1-3-26(19-8-6-5-7-9-19)20-14-17(15-23-16-20)21(27)24-18-10-12-25(13-11-18)22(28)29-4-2/h5-9,14-16,18H,3-4,10-13H2,1-2H3,(H,24,27). The zero-order valence-corrected chi connectivity index (χ0v) is 17.0. The molecule has 29 heavy (non-hydrogen) atoms. The van der Waals surface area contributed by atoms with Crippen molar-refractivity contribution < 1.29 is 14.3 Å². The van der Waals surface area contributed by atoms with Crippen molar-refractivity contribution in [2.75, 3.05) is 31.1 Å². The van der Waals surface area contributed by atoms with Crippen LogP contribution in [0.5, 0.6) is 0 Å². The van der Waals surface area contributed by atoms with Crippen LogP contribution in [0.4, 0.5) is 16.2 Å². The smallest absolute Gasteiger partial charge is 0.409 e. The van der Waals surface area contributed by atoms with Crippen LogP contribution in [-0.2, 0) is 4.74 Å². The van der Waals surface area contributed by atoms with Gasteiger partial charge in [-0.05, 0) is 44.9 Å². The highest BCUT2D eigenvalue weighted by atomic mass is 16.6. The van der Waals surface area contributed by atoms with Gasteiger partial charge in [0.25, 0.3) is 5.91 Å². The van der Waals surface area contributed by atoms with Gasteiger partial charge in [-0.1, -0.05) is 18.2 Å². The van der Waals surface area contributed by atoms with E-state index >= 15 is 0 Å². The molecule has 1 fully saturated rings. The van der Waals surface area contributed by atoms with E-state index < -0.39 is 0 Å². The number of aromatic nitrogens is 1. The van der Waals surface area contributed by atoms with Crippen LogP contribution in [-0.4, -0.2) is 54.2 Å². The zero-order valence-electron chi connectivity index (χ0n) is 17.0. The normalized spacial score (nSPS) is 14.3. The molecule has 2 amide bonds. The minimum Gasteiger partial charge on any atom is -0.450 e. The molecule has 0 unspecified atom stereocenters. The number of para-hydroxylation sites is 1. The lowest BCUT2D eigenvalue weighted by Gasteiger charge is -2.31. The first-order valence-electron chi connectivity index (χ1n) is 10.1. The van der Waals surface area contributed by atoms with Crippen LogP contribution in [0.2, 0.25) is 0 Å². The molecule has 2 heterocycles. The van der Waals surface area contributed by atoms with E-state index in [2.05, 4.69) is 22.1 Å². The molecule has 154 valence electrons. The topological polar surface area (TPSA) is 74.8 Å². The predicted octanol–water partition coefficient (Wildman–Crippen LogP) is 3.59. The van der Waals surface area contributed by atoms with Gasteiger partial charge in [0.1, 0.15) is 0 Å². The number of amides is 2. The summed E-state index contributed by atoms with van der Waals surface area (Å²) < 4.78 is 5.04. The molecular formula is C22H28N4O3. The predicted molar refractivity (Wildman–Crippen MR) is 112 cm³/mol. The first-order chi connectivity index (χ1) is 14.1. The maximum Gasteiger partial charge on any atom is 0.409 e. The number of piperidine rings is 1. The van der Waals surface area contributed by atoms with Crippen molar-refractivity contribution >= 4 is 23.4 Å². The Kier molecular flexibility index (Phi) is 7.05. The number of likely N-dealkylation sites (tertiary alicyclic amines) is 1. The average Bonchev–Trinajstić information content (AvgIpc) is 2.76. The summed E-state index contributed by atoms with van der Waals surface area (Å²) in [7, 11) is 0. The lowest BCUT2D eigenvalue weighted by atomic mass is 10.0. The second kappa shape index (κ2) is 9.91. The number of anilines is 2. The van der Waals surface area contributed by atoms with Crippen molar-refractivity contribution in [2.45, 2.75) is 32.7 Å². The number of hydrogen-bond acceptors (Lipinski definition) is 5. The summed E-state index contributed by atoms with van der Waals surface area (Å²) in [5.41, 5.74) is 2.47. The number of hydrogen-bond donors (Lipinski definition) is 1. The fourth-order valence-corrected chi connectivity index (χ4v) is 3.51. The number of ether oxygens (including phenoxy) is 1. The second-order valence-corrected chi connectivity index (χ2v) is 6.95. The van der Waals surface area contributed by atoms with E-state index in [0.29, 0.717) is 38.1 Å². The maximum atomic E-state index is 12.8. The summed E-state index contributed by atoms with van der Waals surface area (Å²) in [6.07, 6.45) is 4.50. The van der Waals surface area contributed by atoms with Crippen LogP contribution in [0, 0.1) is 0 Å². The van der Waals surface area contributed by atoms with Gasteiger partial charge in [-0.15, -0.1) is 0 Å². The van der Waals surface area contributed by atoms with E-state index in [-0.39, 0.29) is 18.0 Å². The first kappa shape index (κ1) is 20.6. The second-order valence-electron chi connectivity index (χ2n) is 6.95. The number of rotatable bonds is 6. The molecule has 1 saturated heterocycles. The summed E-state index contributed by atoms with van der Waals surface area (Å²) in [4.78, 5) is 32.6. The Hall–Kier alpha value is -3.09. The van der Waals surface area contributed by atoms with E-state index in [1.165, 1.54) is 0 Å².